The minimum atomic E-state index is -0.269. The minimum absolute atomic E-state index is 0.0414. The molecule has 1 fully saturated rings. The van der Waals surface area contributed by atoms with Crippen molar-refractivity contribution in [2.75, 3.05) is 23.3 Å². The molecule has 1 N–H and O–H groups in total. The molecule has 3 aromatic rings. The lowest BCUT2D eigenvalue weighted by Crippen LogP contribution is -2.45. The molecule has 0 saturated carbocycles. The topological polar surface area (TPSA) is 71.5 Å². The Balaban J connectivity index is 1.32. The maximum absolute atomic E-state index is 12.8. The number of hydrogen-bond acceptors (Lipinski definition) is 5. The van der Waals surface area contributed by atoms with Gasteiger partial charge in [0.1, 0.15) is 5.82 Å². The number of nitrogens with zero attached hydrogens (tertiary/aromatic N) is 2. The number of pyridine rings is 1. The van der Waals surface area contributed by atoms with E-state index in [-0.39, 0.29) is 23.9 Å². The first-order valence-electron chi connectivity index (χ1n) is 10.5. The lowest BCUT2D eigenvalue weighted by atomic mass is 10.0. The molecular formula is C25H23N3O3. The number of ketones is 1. The van der Waals surface area contributed by atoms with Crippen LogP contribution in [0.2, 0.25) is 0 Å². The average Bonchev–Trinajstić information content (AvgIpc) is 3.05. The number of rotatable bonds is 3. The second-order valence-corrected chi connectivity index (χ2v) is 8.16. The summed E-state index contributed by atoms with van der Waals surface area (Å²) in [6.07, 6.45) is 1.96. The van der Waals surface area contributed by atoms with Gasteiger partial charge in [0.15, 0.2) is 5.78 Å². The van der Waals surface area contributed by atoms with Crippen molar-refractivity contribution in [2.45, 2.75) is 26.1 Å². The Morgan fingerprint density at radius 1 is 0.968 bits per heavy atom. The lowest BCUT2D eigenvalue weighted by molar-refractivity contribution is -0.00545. The van der Waals surface area contributed by atoms with Crippen LogP contribution in [0.25, 0.3) is 11.1 Å². The van der Waals surface area contributed by atoms with Crippen molar-refractivity contribution in [3.05, 3.63) is 77.5 Å². The Morgan fingerprint density at radius 3 is 2.39 bits per heavy atom. The number of ether oxygens (including phenoxy) is 1. The van der Waals surface area contributed by atoms with Gasteiger partial charge in [-0.15, -0.1) is 0 Å². The monoisotopic (exact) mass is 413 g/mol. The number of hydrogen-bond donors (Lipinski definition) is 1. The van der Waals surface area contributed by atoms with E-state index in [1.54, 1.807) is 18.3 Å². The van der Waals surface area contributed by atoms with Gasteiger partial charge in [-0.05, 0) is 49.2 Å². The fraction of sp³-hybridized carbons (Fsp3) is 0.240. The third-order valence-corrected chi connectivity index (χ3v) is 5.74. The SMILES string of the molecule is CC1CN(c2ccc(NC(=O)c3ccc4c(c3)C(=O)c3ccccc3-4)cn2)CC(C)O1. The molecule has 5 rings (SSSR count). The van der Waals surface area contributed by atoms with Crippen LogP contribution in [0.5, 0.6) is 0 Å². The van der Waals surface area contributed by atoms with Gasteiger partial charge in [0.25, 0.3) is 5.91 Å². The Morgan fingerprint density at radius 2 is 1.68 bits per heavy atom. The first-order chi connectivity index (χ1) is 15.0. The lowest BCUT2D eigenvalue weighted by Gasteiger charge is -2.36. The molecule has 2 aliphatic rings. The van der Waals surface area contributed by atoms with E-state index in [9.17, 15) is 9.59 Å². The Bertz CT molecular complexity index is 1160. The van der Waals surface area contributed by atoms with Gasteiger partial charge in [-0.1, -0.05) is 30.3 Å². The number of carbonyl (C=O) groups excluding carboxylic acids is 2. The molecule has 0 bridgehead atoms. The van der Waals surface area contributed by atoms with E-state index in [0.717, 1.165) is 30.0 Å². The summed E-state index contributed by atoms with van der Waals surface area (Å²) in [6.45, 7) is 5.68. The number of aromatic nitrogens is 1. The van der Waals surface area contributed by atoms with Gasteiger partial charge in [-0.2, -0.15) is 0 Å². The summed E-state index contributed by atoms with van der Waals surface area (Å²) in [4.78, 5) is 32.2. The molecule has 0 radical (unpaired) electrons. The van der Waals surface area contributed by atoms with Crippen LogP contribution in [-0.4, -0.2) is 42.0 Å². The van der Waals surface area contributed by atoms with Crippen molar-refractivity contribution in [3.8, 4) is 11.1 Å². The molecule has 2 unspecified atom stereocenters. The van der Waals surface area contributed by atoms with Gasteiger partial charge in [0, 0.05) is 29.8 Å². The zero-order valence-electron chi connectivity index (χ0n) is 17.5. The first-order valence-corrected chi connectivity index (χ1v) is 10.5. The molecule has 156 valence electrons. The third-order valence-electron chi connectivity index (χ3n) is 5.74. The Kier molecular flexibility index (Phi) is 4.79. The predicted molar refractivity (Wildman–Crippen MR) is 120 cm³/mol. The van der Waals surface area contributed by atoms with E-state index in [0.29, 0.717) is 22.4 Å². The zero-order chi connectivity index (χ0) is 21.5. The van der Waals surface area contributed by atoms with Gasteiger partial charge in [-0.3, -0.25) is 9.59 Å². The highest BCUT2D eigenvalue weighted by Gasteiger charge is 2.27. The van der Waals surface area contributed by atoms with Gasteiger partial charge in [0.05, 0.1) is 24.1 Å². The molecule has 1 aromatic heterocycles. The van der Waals surface area contributed by atoms with E-state index in [1.807, 2.05) is 42.5 Å². The third kappa shape index (κ3) is 3.59. The molecule has 6 heteroatoms. The van der Waals surface area contributed by atoms with Crippen LogP contribution in [0.4, 0.5) is 11.5 Å². The molecule has 1 saturated heterocycles. The zero-order valence-corrected chi connectivity index (χ0v) is 17.5. The highest BCUT2D eigenvalue weighted by molar-refractivity contribution is 6.22. The second-order valence-electron chi connectivity index (χ2n) is 8.16. The highest BCUT2D eigenvalue weighted by atomic mass is 16.5. The number of morpholine rings is 1. The van der Waals surface area contributed by atoms with E-state index in [2.05, 4.69) is 29.0 Å². The van der Waals surface area contributed by atoms with Crippen LogP contribution in [0, 0.1) is 0 Å². The molecular weight excluding hydrogens is 390 g/mol. The minimum Gasteiger partial charge on any atom is -0.372 e. The summed E-state index contributed by atoms with van der Waals surface area (Å²) in [7, 11) is 0. The molecule has 2 heterocycles. The van der Waals surface area contributed by atoms with Crippen molar-refractivity contribution in [1.29, 1.82) is 0 Å². The number of amides is 1. The quantitative estimate of drug-likeness (QED) is 0.546. The van der Waals surface area contributed by atoms with Crippen LogP contribution >= 0.6 is 0 Å². The van der Waals surface area contributed by atoms with Crippen LogP contribution in [0.1, 0.15) is 40.1 Å². The Labute approximate surface area is 180 Å². The maximum atomic E-state index is 12.8. The van der Waals surface area contributed by atoms with Crippen molar-refractivity contribution in [2.24, 2.45) is 0 Å². The molecule has 6 nitrogen and oxygen atoms in total. The van der Waals surface area contributed by atoms with Crippen LogP contribution < -0.4 is 10.2 Å². The van der Waals surface area contributed by atoms with Crippen LogP contribution in [0.3, 0.4) is 0 Å². The predicted octanol–water partition coefficient (Wildman–Crippen LogP) is 4.16. The van der Waals surface area contributed by atoms with E-state index in [1.165, 1.54) is 0 Å². The Hall–Kier alpha value is -3.51. The maximum Gasteiger partial charge on any atom is 0.255 e. The van der Waals surface area contributed by atoms with Crippen molar-refractivity contribution in [1.82, 2.24) is 4.98 Å². The summed E-state index contributed by atoms with van der Waals surface area (Å²) in [6, 6.07) is 16.5. The molecule has 1 aliphatic heterocycles. The fourth-order valence-electron chi connectivity index (χ4n) is 4.38. The molecule has 2 atom stereocenters. The number of benzene rings is 2. The van der Waals surface area contributed by atoms with E-state index >= 15 is 0 Å². The summed E-state index contributed by atoms with van der Waals surface area (Å²) >= 11 is 0. The second kappa shape index (κ2) is 7.63. The molecule has 1 amide bonds. The number of nitrogens with one attached hydrogen (secondary N) is 1. The van der Waals surface area contributed by atoms with E-state index < -0.39 is 0 Å². The standard InChI is InChI=1S/C25H23N3O3/c1-15-13-28(14-16(2)31-15)23-10-8-18(12-26-23)27-25(30)17-7-9-20-19-5-3-4-6-21(19)24(29)22(20)11-17/h3-12,15-16H,13-14H2,1-2H3,(H,27,30). The number of carbonyl (C=O) groups is 2. The highest BCUT2D eigenvalue weighted by Crippen LogP contribution is 2.36. The van der Waals surface area contributed by atoms with Crippen LogP contribution in [0.15, 0.2) is 60.8 Å². The summed E-state index contributed by atoms with van der Waals surface area (Å²) < 4.78 is 5.77. The summed E-state index contributed by atoms with van der Waals surface area (Å²) in [5.74, 6) is 0.552. The fourth-order valence-corrected chi connectivity index (χ4v) is 4.38. The summed E-state index contributed by atoms with van der Waals surface area (Å²) in [5, 5.41) is 2.88. The number of fused-ring (bicyclic) bond motifs is 3. The first kappa shape index (κ1) is 19.5. The van der Waals surface area contributed by atoms with Gasteiger partial charge in [-0.25, -0.2) is 4.98 Å². The smallest absolute Gasteiger partial charge is 0.255 e. The van der Waals surface area contributed by atoms with Crippen molar-refractivity contribution >= 4 is 23.2 Å². The largest absolute Gasteiger partial charge is 0.372 e. The normalized spacial score (nSPS) is 19.7. The number of anilines is 2. The van der Waals surface area contributed by atoms with Crippen molar-refractivity contribution in [3.63, 3.8) is 0 Å². The summed E-state index contributed by atoms with van der Waals surface area (Å²) in [5.41, 5.74) is 4.09. The molecule has 0 spiro atoms. The van der Waals surface area contributed by atoms with Gasteiger partial charge >= 0.3 is 0 Å². The van der Waals surface area contributed by atoms with Gasteiger partial charge < -0.3 is 15.0 Å². The van der Waals surface area contributed by atoms with Crippen LogP contribution in [-0.2, 0) is 4.74 Å². The van der Waals surface area contributed by atoms with E-state index in [4.69, 9.17) is 4.74 Å². The van der Waals surface area contributed by atoms with Crippen molar-refractivity contribution < 1.29 is 14.3 Å². The van der Waals surface area contributed by atoms with Gasteiger partial charge in [0.2, 0.25) is 0 Å². The molecule has 2 aromatic carbocycles. The average molecular weight is 413 g/mol. The molecule has 31 heavy (non-hydrogen) atoms. The molecule has 1 aliphatic carbocycles.